The van der Waals surface area contributed by atoms with Crippen LogP contribution in [-0.4, -0.2) is 26.3 Å². The van der Waals surface area contributed by atoms with Gasteiger partial charge in [-0.2, -0.15) is 0 Å². The molecule has 0 N–H and O–H groups in total. The van der Waals surface area contributed by atoms with E-state index in [1.54, 1.807) is 0 Å². The second-order valence-corrected chi connectivity index (χ2v) is 4.01. The number of para-hydroxylation sites is 1. The molecule has 1 unspecified atom stereocenters. The molecule has 1 aromatic carbocycles. The van der Waals surface area contributed by atoms with Crippen molar-refractivity contribution in [2.24, 2.45) is 0 Å². The lowest BCUT2D eigenvalue weighted by Gasteiger charge is -2.24. The highest BCUT2D eigenvalue weighted by atomic mass is 35.5. The molecule has 0 saturated carbocycles. The van der Waals surface area contributed by atoms with Crippen LogP contribution in [0.1, 0.15) is 13.8 Å². The highest BCUT2D eigenvalue weighted by Gasteiger charge is 2.09. The summed E-state index contributed by atoms with van der Waals surface area (Å²) in [4.78, 5) is 2.11. The summed E-state index contributed by atoms with van der Waals surface area (Å²) in [6.45, 7) is 5.66. The fourth-order valence-corrected chi connectivity index (χ4v) is 1.86. The number of hydrogen-bond acceptors (Lipinski definition) is 2. The Hall–Kier alpha value is -0.730. The number of nitrogens with zero attached hydrogens (tertiary/aromatic N) is 1. The first-order chi connectivity index (χ1) is 7.15. The summed E-state index contributed by atoms with van der Waals surface area (Å²) in [6, 6.07) is 7.84. The van der Waals surface area contributed by atoms with Gasteiger partial charge >= 0.3 is 0 Å². The Kier molecular flexibility index (Phi) is 4.92. The number of ether oxygens (including phenoxy) is 1. The Morgan fingerprint density at radius 3 is 2.67 bits per heavy atom. The third-order valence-corrected chi connectivity index (χ3v) is 2.57. The molecule has 0 saturated heterocycles. The molecule has 3 heteroatoms. The number of benzene rings is 1. The molecular weight excluding hydrogens is 210 g/mol. The second-order valence-electron chi connectivity index (χ2n) is 3.60. The summed E-state index contributed by atoms with van der Waals surface area (Å²) < 4.78 is 5.49. The molecule has 1 atom stereocenters. The number of anilines is 1. The summed E-state index contributed by atoms with van der Waals surface area (Å²) in [7, 11) is 2.02. The smallest absolute Gasteiger partial charge is 0.0721 e. The zero-order valence-electron chi connectivity index (χ0n) is 9.53. The van der Waals surface area contributed by atoms with Gasteiger partial charge in [0.1, 0.15) is 0 Å². The van der Waals surface area contributed by atoms with E-state index in [2.05, 4.69) is 11.8 Å². The quantitative estimate of drug-likeness (QED) is 0.766. The lowest BCUT2D eigenvalue weighted by atomic mass is 10.2. The molecule has 0 aliphatic carbocycles. The molecule has 1 aromatic rings. The molecule has 15 heavy (non-hydrogen) atoms. The van der Waals surface area contributed by atoms with Gasteiger partial charge in [0.25, 0.3) is 0 Å². The van der Waals surface area contributed by atoms with Gasteiger partial charge in [-0.15, -0.1) is 0 Å². The Bertz CT molecular complexity index is 303. The van der Waals surface area contributed by atoms with Crippen LogP contribution in [0.15, 0.2) is 24.3 Å². The van der Waals surface area contributed by atoms with Crippen LogP contribution in [0.5, 0.6) is 0 Å². The van der Waals surface area contributed by atoms with Crippen molar-refractivity contribution < 1.29 is 4.74 Å². The van der Waals surface area contributed by atoms with Gasteiger partial charge in [-0.3, -0.25) is 0 Å². The standard InChI is InChI=1S/C12H18ClNO/c1-4-15-10(2)9-14(3)12-8-6-5-7-11(12)13/h5-8,10H,4,9H2,1-3H3. The van der Waals surface area contributed by atoms with E-state index in [4.69, 9.17) is 16.3 Å². The Labute approximate surface area is 96.8 Å². The lowest BCUT2D eigenvalue weighted by molar-refractivity contribution is 0.0818. The van der Waals surface area contributed by atoms with Crippen molar-refractivity contribution in [2.45, 2.75) is 20.0 Å². The van der Waals surface area contributed by atoms with Crippen molar-refractivity contribution in [3.05, 3.63) is 29.3 Å². The van der Waals surface area contributed by atoms with E-state index in [1.807, 2.05) is 38.2 Å². The molecule has 0 heterocycles. The molecule has 0 radical (unpaired) electrons. The molecule has 0 aliphatic rings. The summed E-state index contributed by atoms with van der Waals surface area (Å²) >= 11 is 6.10. The maximum atomic E-state index is 6.10. The highest BCUT2D eigenvalue weighted by Crippen LogP contribution is 2.24. The van der Waals surface area contributed by atoms with Crippen molar-refractivity contribution in [2.75, 3.05) is 25.1 Å². The van der Waals surface area contributed by atoms with Crippen molar-refractivity contribution in [3.63, 3.8) is 0 Å². The number of likely N-dealkylation sites (N-methyl/N-ethyl adjacent to an activating group) is 1. The summed E-state index contributed by atoms with van der Waals surface area (Å²) in [5, 5.41) is 0.781. The van der Waals surface area contributed by atoms with Crippen LogP contribution in [0.25, 0.3) is 0 Å². The fraction of sp³-hybridized carbons (Fsp3) is 0.500. The maximum absolute atomic E-state index is 6.10. The van der Waals surface area contributed by atoms with Gasteiger partial charge in [0.15, 0.2) is 0 Å². The van der Waals surface area contributed by atoms with Crippen LogP contribution in [0.4, 0.5) is 5.69 Å². The Morgan fingerprint density at radius 2 is 2.07 bits per heavy atom. The molecule has 1 rings (SSSR count). The van der Waals surface area contributed by atoms with Crippen LogP contribution >= 0.6 is 11.6 Å². The Balaban J connectivity index is 2.61. The van der Waals surface area contributed by atoms with Gasteiger partial charge < -0.3 is 9.64 Å². The molecular formula is C12H18ClNO. The summed E-state index contributed by atoms with van der Waals surface area (Å²) in [6.07, 6.45) is 0.219. The van der Waals surface area contributed by atoms with Gasteiger partial charge in [0, 0.05) is 20.2 Å². The van der Waals surface area contributed by atoms with E-state index in [9.17, 15) is 0 Å². The normalized spacial score (nSPS) is 12.5. The van der Waals surface area contributed by atoms with E-state index in [-0.39, 0.29) is 6.10 Å². The van der Waals surface area contributed by atoms with Crippen LogP contribution in [-0.2, 0) is 4.74 Å². The number of hydrogen-bond donors (Lipinski definition) is 0. The SMILES string of the molecule is CCOC(C)CN(C)c1ccccc1Cl. The van der Waals surface area contributed by atoms with Gasteiger partial charge in [-0.05, 0) is 26.0 Å². The number of rotatable bonds is 5. The van der Waals surface area contributed by atoms with Crippen LogP contribution in [0.2, 0.25) is 5.02 Å². The average Bonchev–Trinajstić information content (AvgIpc) is 2.18. The molecule has 0 fully saturated rings. The number of halogens is 1. The molecule has 84 valence electrons. The zero-order valence-corrected chi connectivity index (χ0v) is 10.3. The van der Waals surface area contributed by atoms with Gasteiger partial charge in [-0.1, -0.05) is 23.7 Å². The van der Waals surface area contributed by atoms with Gasteiger partial charge in [0.2, 0.25) is 0 Å². The summed E-state index contributed by atoms with van der Waals surface area (Å²) in [5.41, 5.74) is 1.05. The Morgan fingerprint density at radius 1 is 1.40 bits per heavy atom. The maximum Gasteiger partial charge on any atom is 0.0721 e. The molecule has 0 bridgehead atoms. The molecule has 0 spiro atoms. The molecule has 0 aliphatic heterocycles. The minimum atomic E-state index is 0.219. The van der Waals surface area contributed by atoms with Crippen molar-refractivity contribution >= 4 is 17.3 Å². The largest absolute Gasteiger partial charge is 0.377 e. The molecule has 0 aromatic heterocycles. The fourth-order valence-electron chi connectivity index (χ4n) is 1.58. The van der Waals surface area contributed by atoms with Crippen LogP contribution < -0.4 is 4.90 Å². The predicted molar refractivity (Wildman–Crippen MR) is 65.8 cm³/mol. The summed E-state index contributed by atoms with van der Waals surface area (Å²) in [5.74, 6) is 0. The predicted octanol–water partition coefficient (Wildman–Crippen LogP) is 3.20. The van der Waals surface area contributed by atoms with E-state index >= 15 is 0 Å². The van der Waals surface area contributed by atoms with E-state index in [1.165, 1.54) is 0 Å². The third kappa shape index (κ3) is 3.73. The van der Waals surface area contributed by atoms with E-state index in [0.29, 0.717) is 0 Å². The topological polar surface area (TPSA) is 12.5 Å². The first-order valence-electron chi connectivity index (χ1n) is 5.22. The minimum Gasteiger partial charge on any atom is -0.377 e. The monoisotopic (exact) mass is 227 g/mol. The molecule has 0 amide bonds. The van der Waals surface area contributed by atoms with Gasteiger partial charge in [-0.25, -0.2) is 0 Å². The highest BCUT2D eigenvalue weighted by molar-refractivity contribution is 6.33. The van der Waals surface area contributed by atoms with Crippen LogP contribution in [0, 0.1) is 0 Å². The minimum absolute atomic E-state index is 0.219. The lowest BCUT2D eigenvalue weighted by Crippen LogP contribution is -2.29. The van der Waals surface area contributed by atoms with E-state index < -0.39 is 0 Å². The molecule has 2 nitrogen and oxygen atoms in total. The first kappa shape index (κ1) is 12.3. The first-order valence-corrected chi connectivity index (χ1v) is 5.60. The van der Waals surface area contributed by atoms with Crippen molar-refractivity contribution in [1.82, 2.24) is 0 Å². The van der Waals surface area contributed by atoms with Crippen LogP contribution in [0.3, 0.4) is 0 Å². The van der Waals surface area contributed by atoms with Crippen molar-refractivity contribution in [1.29, 1.82) is 0 Å². The van der Waals surface area contributed by atoms with E-state index in [0.717, 1.165) is 23.9 Å². The zero-order chi connectivity index (χ0) is 11.3. The van der Waals surface area contributed by atoms with Gasteiger partial charge in [0.05, 0.1) is 16.8 Å². The third-order valence-electron chi connectivity index (χ3n) is 2.25. The average molecular weight is 228 g/mol. The van der Waals surface area contributed by atoms with Crippen molar-refractivity contribution in [3.8, 4) is 0 Å². The second kappa shape index (κ2) is 5.99.